The summed E-state index contributed by atoms with van der Waals surface area (Å²) >= 11 is 0. The van der Waals surface area contributed by atoms with Crippen molar-refractivity contribution in [3.63, 3.8) is 0 Å². The van der Waals surface area contributed by atoms with Crippen LogP contribution in [0, 0.1) is 0 Å². The Balaban J connectivity index is 1.89. The lowest BCUT2D eigenvalue weighted by Gasteiger charge is -2.28. The number of ketones is 1. The molecule has 0 bridgehead atoms. The highest BCUT2D eigenvalue weighted by atomic mass is 16.6. The second-order valence-corrected chi connectivity index (χ2v) is 7.86. The van der Waals surface area contributed by atoms with Crippen LogP contribution in [0.15, 0.2) is 48.5 Å². The van der Waals surface area contributed by atoms with Crippen LogP contribution in [0.4, 0.5) is 10.5 Å². The van der Waals surface area contributed by atoms with E-state index in [1.165, 1.54) is 0 Å². The fourth-order valence-electron chi connectivity index (χ4n) is 3.37. The van der Waals surface area contributed by atoms with Gasteiger partial charge >= 0.3 is 6.09 Å². The largest absolute Gasteiger partial charge is 0.444 e. The summed E-state index contributed by atoms with van der Waals surface area (Å²) < 4.78 is 5.49. The summed E-state index contributed by atoms with van der Waals surface area (Å²) in [5, 5.41) is 0. The number of anilines is 1. The van der Waals surface area contributed by atoms with Crippen LogP contribution >= 0.6 is 0 Å². The molecule has 1 saturated heterocycles. The Morgan fingerprint density at radius 2 is 1.74 bits per heavy atom. The van der Waals surface area contributed by atoms with Gasteiger partial charge in [-0.25, -0.2) is 4.79 Å². The van der Waals surface area contributed by atoms with Gasteiger partial charge in [0.1, 0.15) is 5.60 Å². The molecule has 0 saturated carbocycles. The van der Waals surface area contributed by atoms with Crippen LogP contribution in [0.25, 0.3) is 11.1 Å². The minimum Gasteiger partial charge on any atom is -0.444 e. The van der Waals surface area contributed by atoms with Gasteiger partial charge in [0.2, 0.25) is 0 Å². The van der Waals surface area contributed by atoms with Gasteiger partial charge in [-0.05, 0) is 56.9 Å². The van der Waals surface area contributed by atoms with Crippen LogP contribution in [0.2, 0.25) is 0 Å². The van der Waals surface area contributed by atoms with Gasteiger partial charge in [-0.2, -0.15) is 0 Å². The van der Waals surface area contributed by atoms with Gasteiger partial charge in [0.15, 0.2) is 5.78 Å². The Hall–Kier alpha value is -2.82. The molecule has 2 aromatic carbocycles. The van der Waals surface area contributed by atoms with E-state index >= 15 is 0 Å². The quantitative estimate of drug-likeness (QED) is 0.640. The first kappa shape index (κ1) is 19.0. The highest BCUT2D eigenvalue weighted by molar-refractivity contribution is 6.06. The molecule has 0 spiro atoms. The second-order valence-electron chi connectivity index (χ2n) is 7.86. The zero-order chi connectivity index (χ0) is 19.6. The molecule has 2 aromatic rings. The first-order valence-corrected chi connectivity index (χ1v) is 9.25. The topological polar surface area (TPSA) is 72.6 Å². The van der Waals surface area contributed by atoms with Gasteiger partial charge in [-0.15, -0.1) is 0 Å². The molecule has 0 aromatic heterocycles. The molecule has 0 unspecified atom stereocenters. The maximum Gasteiger partial charge on any atom is 0.410 e. The summed E-state index contributed by atoms with van der Waals surface area (Å²) in [6, 6.07) is 14.5. The lowest BCUT2D eigenvalue weighted by atomic mass is 9.93. The van der Waals surface area contributed by atoms with E-state index in [2.05, 4.69) is 0 Å². The molecule has 27 heavy (non-hydrogen) atoms. The number of nitrogen functional groups attached to an aromatic ring is 1. The normalized spacial score (nSPS) is 17.0. The van der Waals surface area contributed by atoms with Gasteiger partial charge in [0.25, 0.3) is 0 Å². The third kappa shape index (κ3) is 4.30. The molecule has 1 aliphatic rings. The van der Waals surface area contributed by atoms with Crippen molar-refractivity contribution in [1.82, 2.24) is 4.90 Å². The highest BCUT2D eigenvalue weighted by Crippen LogP contribution is 2.29. The van der Waals surface area contributed by atoms with E-state index in [1.54, 1.807) is 4.90 Å². The van der Waals surface area contributed by atoms with E-state index in [-0.39, 0.29) is 5.78 Å². The summed E-state index contributed by atoms with van der Waals surface area (Å²) in [4.78, 5) is 27.4. The van der Waals surface area contributed by atoms with Crippen molar-refractivity contribution >= 4 is 17.6 Å². The molecule has 5 nitrogen and oxygen atoms in total. The van der Waals surface area contributed by atoms with E-state index in [0.717, 1.165) is 17.5 Å². The third-order valence-corrected chi connectivity index (χ3v) is 4.60. The molecule has 0 radical (unpaired) electrons. The number of nitrogens with zero attached hydrogens (tertiary/aromatic N) is 1. The van der Waals surface area contributed by atoms with E-state index in [0.29, 0.717) is 24.2 Å². The van der Waals surface area contributed by atoms with E-state index in [9.17, 15) is 9.59 Å². The molecule has 1 fully saturated rings. The molecular formula is C22H26N2O3. The van der Waals surface area contributed by atoms with Crippen LogP contribution in [0.3, 0.4) is 0 Å². The zero-order valence-electron chi connectivity index (χ0n) is 16.1. The Morgan fingerprint density at radius 1 is 1.07 bits per heavy atom. The van der Waals surface area contributed by atoms with Gasteiger partial charge < -0.3 is 10.5 Å². The maximum atomic E-state index is 13.3. The molecule has 5 heteroatoms. The predicted octanol–water partition coefficient (Wildman–Crippen LogP) is 4.52. The van der Waals surface area contributed by atoms with Gasteiger partial charge in [-0.1, -0.05) is 36.4 Å². The first-order valence-electron chi connectivity index (χ1n) is 9.25. The maximum absolute atomic E-state index is 13.3. The Kier molecular flexibility index (Phi) is 5.22. The molecule has 1 atom stereocenters. The number of likely N-dealkylation sites (tertiary alicyclic amines) is 1. The molecule has 1 aliphatic heterocycles. The van der Waals surface area contributed by atoms with Gasteiger partial charge in [-0.3, -0.25) is 9.69 Å². The fourth-order valence-corrected chi connectivity index (χ4v) is 3.37. The predicted molar refractivity (Wildman–Crippen MR) is 107 cm³/mol. The van der Waals surface area contributed by atoms with Gasteiger partial charge in [0.05, 0.1) is 6.04 Å². The van der Waals surface area contributed by atoms with Crippen LogP contribution in [-0.2, 0) is 4.74 Å². The monoisotopic (exact) mass is 366 g/mol. The van der Waals surface area contributed by atoms with Crippen molar-refractivity contribution in [2.24, 2.45) is 0 Å². The molecule has 3 rings (SSSR count). The Labute approximate surface area is 160 Å². The minimum absolute atomic E-state index is 0.0502. The molecular weight excluding hydrogens is 340 g/mol. The average molecular weight is 366 g/mol. The number of amides is 1. The van der Waals surface area contributed by atoms with Gasteiger partial charge in [0, 0.05) is 17.8 Å². The van der Waals surface area contributed by atoms with Crippen molar-refractivity contribution in [2.45, 2.75) is 45.3 Å². The van der Waals surface area contributed by atoms with E-state index < -0.39 is 17.7 Å². The van der Waals surface area contributed by atoms with Crippen molar-refractivity contribution in [1.29, 1.82) is 0 Å². The number of rotatable bonds is 3. The summed E-state index contributed by atoms with van der Waals surface area (Å²) in [6.45, 7) is 6.02. The highest BCUT2D eigenvalue weighted by Gasteiger charge is 2.37. The minimum atomic E-state index is -0.588. The smallest absolute Gasteiger partial charge is 0.410 e. The average Bonchev–Trinajstić information content (AvgIpc) is 3.10. The third-order valence-electron chi connectivity index (χ3n) is 4.60. The number of hydrogen-bond acceptors (Lipinski definition) is 4. The fraction of sp³-hybridized carbons (Fsp3) is 0.364. The number of carbonyl (C=O) groups is 2. The van der Waals surface area contributed by atoms with E-state index in [4.69, 9.17) is 10.5 Å². The van der Waals surface area contributed by atoms with Crippen molar-refractivity contribution in [3.05, 3.63) is 54.1 Å². The summed E-state index contributed by atoms with van der Waals surface area (Å²) in [7, 11) is 0. The number of nitrogens with two attached hydrogens (primary N) is 1. The SMILES string of the molecule is CC(C)(C)OC(=O)N1CCC[C@H]1C(=O)c1ccccc1-c1ccc(N)cc1. The molecule has 0 aliphatic carbocycles. The van der Waals surface area contributed by atoms with Crippen LogP contribution in [0.1, 0.15) is 44.0 Å². The standard InChI is InChI=1S/C22H26N2O3/c1-22(2,3)27-21(26)24-14-6-9-19(24)20(25)18-8-5-4-7-17(18)15-10-12-16(23)13-11-15/h4-5,7-8,10-13,19H,6,9,14,23H2,1-3H3/t19-/m0/s1. The van der Waals surface area contributed by atoms with E-state index in [1.807, 2.05) is 69.3 Å². The first-order chi connectivity index (χ1) is 12.8. The summed E-state index contributed by atoms with van der Waals surface area (Å²) in [5.74, 6) is -0.0502. The number of Topliss-reactive ketones (excluding diaryl/α,β-unsaturated/α-hetero) is 1. The van der Waals surface area contributed by atoms with Crippen molar-refractivity contribution in [2.75, 3.05) is 12.3 Å². The van der Waals surface area contributed by atoms with Crippen molar-refractivity contribution in [3.8, 4) is 11.1 Å². The van der Waals surface area contributed by atoms with Crippen LogP contribution in [-0.4, -0.2) is 35.0 Å². The molecule has 2 N–H and O–H groups in total. The Morgan fingerprint density at radius 3 is 2.41 bits per heavy atom. The summed E-state index contributed by atoms with van der Waals surface area (Å²) in [6.07, 6.45) is 1.01. The second kappa shape index (κ2) is 7.43. The molecule has 142 valence electrons. The van der Waals surface area contributed by atoms with Crippen molar-refractivity contribution < 1.29 is 14.3 Å². The lowest BCUT2D eigenvalue weighted by molar-refractivity contribution is 0.0222. The number of carbonyl (C=O) groups excluding carboxylic acids is 2. The zero-order valence-corrected chi connectivity index (χ0v) is 16.1. The van der Waals surface area contributed by atoms with Crippen LogP contribution in [0.5, 0.6) is 0 Å². The molecule has 1 amide bonds. The lowest BCUT2D eigenvalue weighted by Crippen LogP contribution is -2.43. The van der Waals surface area contributed by atoms with Crippen LogP contribution < -0.4 is 5.73 Å². The number of hydrogen-bond donors (Lipinski definition) is 1. The number of benzene rings is 2. The Bertz CT molecular complexity index is 837. The molecule has 1 heterocycles. The number of ether oxygens (including phenoxy) is 1. The summed E-state index contributed by atoms with van der Waals surface area (Å²) in [5.41, 5.74) is 8.25.